The number of fused-ring (bicyclic) bond motifs is 8. The van der Waals surface area contributed by atoms with Crippen LogP contribution >= 0.6 is 11.6 Å². The number of aliphatic hydroxyl groups is 2. The molecule has 5 nitrogen and oxygen atoms in total. The molecular formula is C39H45ClF3NO4. The van der Waals surface area contributed by atoms with Crippen molar-refractivity contribution in [2.45, 2.75) is 102 Å². The molecule has 1 saturated heterocycles. The van der Waals surface area contributed by atoms with Gasteiger partial charge in [-0.3, -0.25) is 4.79 Å². The first-order valence-electron chi connectivity index (χ1n) is 17.2. The highest BCUT2D eigenvalue weighted by atomic mass is 35.5. The fraction of sp³-hybridized carbons (Fsp3) is 0.513. The number of carbonyl (C=O) groups is 1. The number of hydrogen-bond donors (Lipinski definition) is 2. The smallest absolute Gasteiger partial charge is 0.416 e. The fourth-order valence-electron chi connectivity index (χ4n) is 8.31. The highest BCUT2D eigenvalue weighted by Crippen LogP contribution is 2.59. The van der Waals surface area contributed by atoms with Crippen LogP contribution in [0.25, 0.3) is 11.3 Å². The number of carbonyl (C=O) groups excluding carboxylic acids is 1. The summed E-state index contributed by atoms with van der Waals surface area (Å²) in [6.07, 6.45) is 5.08. The van der Waals surface area contributed by atoms with Gasteiger partial charge in [-0.05, 0) is 131 Å². The van der Waals surface area contributed by atoms with E-state index in [9.17, 15) is 28.2 Å². The lowest BCUT2D eigenvalue weighted by Gasteiger charge is -2.46. The predicted octanol–water partition coefficient (Wildman–Crippen LogP) is 9.37. The molecule has 3 aromatic rings. The monoisotopic (exact) mass is 683 g/mol. The zero-order chi connectivity index (χ0) is 34.3. The summed E-state index contributed by atoms with van der Waals surface area (Å²) in [7, 11) is 0. The molecule has 2 fully saturated rings. The lowest BCUT2D eigenvalue weighted by atomic mass is 9.64. The van der Waals surface area contributed by atoms with Gasteiger partial charge in [0.05, 0.1) is 22.3 Å². The first-order chi connectivity index (χ1) is 22.8. The molecule has 4 aliphatic rings. The molecule has 2 aromatic carbocycles. The van der Waals surface area contributed by atoms with Gasteiger partial charge in [0.1, 0.15) is 5.76 Å². The van der Waals surface area contributed by atoms with E-state index in [0.29, 0.717) is 37.8 Å². The van der Waals surface area contributed by atoms with Crippen LogP contribution in [0.1, 0.15) is 110 Å². The first kappa shape index (κ1) is 34.9. The van der Waals surface area contributed by atoms with Gasteiger partial charge in [-0.25, -0.2) is 0 Å². The summed E-state index contributed by atoms with van der Waals surface area (Å²) in [5.41, 5.74) is 0.970. The highest BCUT2D eigenvalue weighted by molar-refractivity contribution is 6.33. The number of nitrogens with zero attached hydrogens (tertiary/aromatic N) is 1. The van der Waals surface area contributed by atoms with E-state index in [2.05, 4.69) is 24.8 Å². The molecule has 48 heavy (non-hydrogen) atoms. The van der Waals surface area contributed by atoms with E-state index < -0.39 is 34.6 Å². The Morgan fingerprint density at radius 1 is 1.04 bits per heavy atom. The number of halogens is 4. The number of benzene rings is 2. The zero-order valence-corrected chi connectivity index (χ0v) is 28.5. The second kappa shape index (κ2) is 13.8. The Hall–Kier alpha value is -2.91. The number of allylic oxidation sites excluding steroid dienone is 2. The van der Waals surface area contributed by atoms with Crippen molar-refractivity contribution in [3.8, 4) is 11.3 Å². The highest BCUT2D eigenvalue weighted by Gasteiger charge is 2.57. The molecule has 2 heterocycles. The van der Waals surface area contributed by atoms with E-state index in [-0.39, 0.29) is 28.0 Å². The summed E-state index contributed by atoms with van der Waals surface area (Å²) in [6, 6.07) is 11.7. The number of likely N-dealkylation sites (tertiary alicyclic amines) is 1. The van der Waals surface area contributed by atoms with E-state index in [1.807, 2.05) is 18.2 Å². The van der Waals surface area contributed by atoms with Crippen molar-refractivity contribution >= 4 is 17.4 Å². The summed E-state index contributed by atoms with van der Waals surface area (Å²) < 4.78 is 46.4. The Balaban J connectivity index is 1.41. The van der Waals surface area contributed by atoms with Crippen LogP contribution in [0.5, 0.6) is 0 Å². The molecule has 0 unspecified atom stereocenters. The lowest BCUT2D eigenvalue weighted by molar-refractivity contribution is -0.137. The molecule has 1 saturated carbocycles. The molecule has 258 valence electrons. The van der Waals surface area contributed by atoms with Crippen LogP contribution < -0.4 is 0 Å². The number of aliphatic hydroxyl groups excluding tert-OH is 1. The predicted molar refractivity (Wildman–Crippen MR) is 181 cm³/mol. The summed E-state index contributed by atoms with van der Waals surface area (Å²) in [6.45, 7) is 6.81. The van der Waals surface area contributed by atoms with Gasteiger partial charge in [0, 0.05) is 23.1 Å². The normalized spacial score (nSPS) is 27.4. The van der Waals surface area contributed by atoms with Gasteiger partial charge in [0.2, 0.25) is 5.78 Å². The van der Waals surface area contributed by atoms with Crippen LogP contribution in [0.4, 0.5) is 13.2 Å². The summed E-state index contributed by atoms with van der Waals surface area (Å²) in [4.78, 5) is 16.8. The van der Waals surface area contributed by atoms with E-state index in [0.717, 1.165) is 68.5 Å². The van der Waals surface area contributed by atoms with E-state index >= 15 is 0 Å². The second-order valence-electron chi connectivity index (χ2n) is 14.5. The third kappa shape index (κ3) is 7.05. The number of furan rings is 1. The number of ketones is 1. The van der Waals surface area contributed by atoms with Crippen molar-refractivity contribution in [3.63, 3.8) is 0 Å². The van der Waals surface area contributed by atoms with E-state index in [1.165, 1.54) is 30.2 Å². The Morgan fingerprint density at radius 3 is 2.56 bits per heavy atom. The third-order valence-corrected chi connectivity index (χ3v) is 11.6. The number of β-amino-alcohol motifs (C(OH)–C–C–N with tert-alkyl or cyclic N) is 1. The van der Waals surface area contributed by atoms with Gasteiger partial charge >= 0.3 is 6.18 Å². The van der Waals surface area contributed by atoms with Crippen molar-refractivity contribution in [2.75, 3.05) is 19.6 Å². The fourth-order valence-corrected chi connectivity index (χ4v) is 8.52. The molecule has 0 radical (unpaired) electrons. The van der Waals surface area contributed by atoms with Crippen molar-refractivity contribution < 1.29 is 32.6 Å². The molecule has 9 heteroatoms. The molecule has 0 spiro atoms. The van der Waals surface area contributed by atoms with Crippen molar-refractivity contribution in [1.29, 1.82) is 0 Å². The second-order valence-corrected chi connectivity index (χ2v) is 14.9. The SMILES string of the molecule is CC1=CCC[C@@]2(C)[C@@H](CC[C@@]2(O)CN2CCCCC2)c2ccc(cc2C(=O)c2ccc(-c3cc(C(F)(F)F)ccc3Cl)o2)C[C@@H](O)CC1. The number of alkyl halides is 3. The van der Waals surface area contributed by atoms with Gasteiger partial charge in [0.15, 0.2) is 5.76 Å². The minimum atomic E-state index is -4.57. The van der Waals surface area contributed by atoms with Crippen LogP contribution in [-0.4, -0.2) is 52.2 Å². The minimum Gasteiger partial charge on any atom is -0.453 e. The quantitative estimate of drug-likeness (QED) is 0.207. The average molecular weight is 684 g/mol. The van der Waals surface area contributed by atoms with Crippen LogP contribution in [0.2, 0.25) is 5.02 Å². The summed E-state index contributed by atoms with van der Waals surface area (Å²) in [5.74, 6) is -0.476. The summed E-state index contributed by atoms with van der Waals surface area (Å²) in [5, 5.41) is 23.5. The Labute approximate surface area is 285 Å². The zero-order valence-electron chi connectivity index (χ0n) is 27.7. The Bertz CT molecular complexity index is 1680. The van der Waals surface area contributed by atoms with Crippen LogP contribution in [0.15, 0.2) is 64.6 Å². The van der Waals surface area contributed by atoms with Crippen LogP contribution in [0, 0.1) is 5.41 Å². The minimum absolute atomic E-state index is 0.0135. The molecule has 7 rings (SSSR count). The van der Waals surface area contributed by atoms with Gasteiger partial charge in [-0.15, -0.1) is 0 Å². The van der Waals surface area contributed by atoms with E-state index in [1.54, 1.807) is 0 Å². The maximum atomic E-state index is 14.4. The first-order valence-corrected chi connectivity index (χ1v) is 17.6. The molecule has 3 aliphatic carbocycles. The standard InChI is InChI=1S/C39H45ClF3NO4/c1-25-7-6-17-37(2)32(16-18-38(37,47)24-44-19-4-3-5-20-44)29-12-9-26(21-28(45)11-8-25)22-30(29)36(46)35-15-14-34(48-35)31-23-27(39(41,42)43)10-13-33(31)40/h7,9-10,12-15,22-23,28,32,45,47H,3-6,8,11,16-21,24H2,1-2H3/t28-,32-,37-,38+/m0/s1. The van der Waals surface area contributed by atoms with Crippen molar-refractivity contribution in [3.05, 3.63) is 93.2 Å². The van der Waals surface area contributed by atoms with Gasteiger partial charge in [-0.2, -0.15) is 13.2 Å². The maximum absolute atomic E-state index is 14.4. The Kier molecular flexibility index (Phi) is 10.0. The van der Waals surface area contributed by atoms with Crippen molar-refractivity contribution in [1.82, 2.24) is 4.90 Å². The molecule has 1 aliphatic heterocycles. The van der Waals surface area contributed by atoms with Crippen LogP contribution in [0.3, 0.4) is 0 Å². The lowest BCUT2D eigenvalue weighted by Crippen LogP contribution is -2.53. The average Bonchev–Trinajstić information content (AvgIpc) is 3.62. The van der Waals surface area contributed by atoms with Crippen molar-refractivity contribution in [2.24, 2.45) is 5.41 Å². The molecule has 1 aromatic heterocycles. The molecule has 2 N–H and O–H groups in total. The number of hydrogen-bond acceptors (Lipinski definition) is 5. The molecule has 0 amide bonds. The maximum Gasteiger partial charge on any atom is 0.416 e. The summed E-state index contributed by atoms with van der Waals surface area (Å²) >= 11 is 6.30. The number of piperidine rings is 1. The molecular weight excluding hydrogens is 639 g/mol. The molecule has 2 bridgehead atoms. The van der Waals surface area contributed by atoms with Gasteiger partial charge < -0.3 is 19.5 Å². The number of rotatable bonds is 5. The van der Waals surface area contributed by atoms with Gasteiger partial charge in [-0.1, -0.05) is 48.7 Å². The Morgan fingerprint density at radius 2 is 1.81 bits per heavy atom. The van der Waals surface area contributed by atoms with Gasteiger partial charge in [0.25, 0.3) is 0 Å². The largest absolute Gasteiger partial charge is 0.453 e. The molecule has 4 atom stereocenters. The third-order valence-electron chi connectivity index (χ3n) is 11.2. The van der Waals surface area contributed by atoms with Crippen LogP contribution in [-0.2, 0) is 12.6 Å². The topological polar surface area (TPSA) is 73.9 Å². The van der Waals surface area contributed by atoms with E-state index in [4.69, 9.17) is 16.0 Å².